The Bertz CT molecular complexity index is 77.1. The maximum absolute atomic E-state index is 8.72. The van der Waals surface area contributed by atoms with Crippen molar-refractivity contribution in [3.63, 3.8) is 0 Å². The highest BCUT2D eigenvalue weighted by Crippen LogP contribution is 2.14. The molecule has 1 aliphatic heterocycles. The first kappa shape index (κ1) is 6.99. The Kier molecular flexibility index (Phi) is 2.45. The van der Waals surface area contributed by atoms with Crippen molar-refractivity contribution in [1.29, 1.82) is 0 Å². The third-order valence-electron chi connectivity index (χ3n) is 1.95. The van der Waals surface area contributed by atoms with Gasteiger partial charge in [0.15, 0.2) is 0 Å². The van der Waals surface area contributed by atoms with E-state index < -0.39 is 0 Å². The maximum atomic E-state index is 8.72. The fourth-order valence-corrected chi connectivity index (χ4v) is 1.21. The average molecular weight is 131 g/mol. The Morgan fingerprint density at radius 3 is 1.89 bits per heavy atom. The van der Waals surface area contributed by atoms with Crippen LogP contribution in [0.5, 0.6) is 0 Å². The lowest BCUT2D eigenvalue weighted by molar-refractivity contribution is 0.152. The number of nitrogens with one attached hydrogen (secondary N) is 1. The molecule has 1 heterocycles. The van der Waals surface area contributed by atoms with Crippen LogP contribution in [0.3, 0.4) is 0 Å². The molecule has 0 saturated carbocycles. The molecule has 0 aliphatic carbocycles. The average Bonchev–Trinajstić information content (AvgIpc) is 2.33. The molecule has 0 spiro atoms. The quantitative estimate of drug-likeness (QED) is 0.441. The summed E-state index contributed by atoms with van der Waals surface area (Å²) >= 11 is 0. The van der Waals surface area contributed by atoms with Gasteiger partial charge < -0.3 is 15.5 Å². The van der Waals surface area contributed by atoms with Crippen LogP contribution in [0.1, 0.15) is 0 Å². The van der Waals surface area contributed by atoms with Crippen LogP contribution in [0.2, 0.25) is 0 Å². The fraction of sp³-hybridized carbons (Fsp3) is 1.00. The number of aliphatic hydroxyl groups is 2. The van der Waals surface area contributed by atoms with Gasteiger partial charge in [-0.1, -0.05) is 0 Å². The molecule has 2 unspecified atom stereocenters. The minimum Gasteiger partial charge on any atom is -0.396 e. The van der Waals surface area contributed by atoms with E-state index in [0.29, 0.717) is 0 Å². The molecule has 3 nitrogen and oxygen atoms in total. The van der Waals surface area contributed by atoms with Crippen LogP contribution in [-0.4, -0.2) is 36.5 Å². The lowest BCUT2D eigenvalue weighted by Crippen LogP contribution is -2.19. The summed E-state index contributed by atoms with van der Waals surface area (Å²) in [6, 6.07) is 0. The van der Waals surface area contributed by atoms with Crippen molar-refractivity contribution in [1.82, 2.24) is 5.32 Å². The molecule has 3 heteroatoms. The van der Waals surface area contributed by atoms with Crippen LogP contribution < -0.4 is 5.32 Å². The highest BCUT2D eigenvalue weighted by Gasteiger charge is 2.24. The van der Waals surface area contributed by atoms with Crippen LogP contribution in [0, 0.1) is 11.8 Å². The molecule has 3 N–H and O–H groups in total. The van der Waals surface area contributed by atoms with Gasteiger partial charge in [0.25, 0.3) is 0 Å². The topological polar surface area (TPSA) is 52.5 Å². The van der Waals surface area contributed by atoms with Crippen molar-refractivity contribution in [2.75, 3.05) is 26.3 Å². The molecule has 9 heavy (non-hydrogen) atoms. The molecular formula is C6H13NO2. The summed E-state index contributed by atoms with van der Waals surface area (Å²) in [5.41, 5.74) is 0. The van der Waals surface area contributed by atoms with Crippen molar-refractivity contribution < 1.29 is 10.2 Å². The summed E-state index contributed by atoms with van der Waals surface area (Å²) < 4.78 is 0. The standard InChI is InChI=1S/C6H13NO2/c8-3-5-1-7-2-6(5)4-9/h5-9H,1-4H2. The molecule has 0 aromatic heterocycles. The molecule has 1 fully saturated rings. The first-order valence-electron chi connectivity index (χ1n) is 3.31. The third kappa shape index (κ3) is 1.41. The first-order chi connectivity index (χ1) is 4.38. The van der Waals surface area contributed by atoms with E-state index >= 15 is 0 Å². The van der Waals surface area contributed by atoms with E-state index in [4.69, 9.17) is 10.2 Å². The van der Waals surface area contributed by atoms with Crippen LogP contribution >= 0.6 is 0 Å². The normalized spacial score (nSPS) is 35.3. The molecule has 0 radical (unpaired) electrons. The molecule has 0 amide bonds. The smallest absolute Gasteiger partial charge is 0.0475 e. The van der Waals surface area contributed by atoms with Gasteiger partial charge >= 0.3 is 0 Å². The lowest BCUT2D eigenvalue weighted by Gasteiger charge is -2.11. The van der Waals surface area contributed by atoms with Gasteiger partial charge in [0.1, 0.15) is 0 Å². The summed E-state index contributed by atoms with van der Waals surface area (Å²) in [7, 11) is 0. The van der Waals surface area contributed by atoms with Crippen molar-refractivity contribution in [2.45, 2.75) is 0 Å². The van der Waals surface area contributed by atoms with Crippen LogP contribution in [-0.2, 0) is 0 Å². The predicted octanol–water partition coefficient (Wildman–Crippen LogP) is -1.19. The zero-order valence-electron chi connectivity index (χ0n) is 5.38. The molecule has 1 aliphatic rings. The first-order valence-corrected chi connectivity index (χ1v) is 3.31. The lowest BCUT2D eigenvalue weighted by atomic mass is 9.98. The Morgan fingerprint density at radius 1 is 1.11 bits per heavy atom. The van der Waals surface area contributed by atoms with Gasteiger partial charge in [-0.05, 0) is 0 Å². The highest BCUT2D eigenvalue weighted by molar-refractivity contribution is 4.79. The summed E-state index contributed by atoms with van der Waals surface area (Å²) in [4.78, 5) is 0. The largest absolute Gasteiger partial charge is 0.396 e. The van der Waals surface area contributed by atoms with Gasteiger partial charge in [0.05, 0.1) is 0 Å². The van der Waals surface area contributed by atoms with Crippen LogP contribution in [0.15, 0.2) is 0 Å². The second kappa shape index (κ2) is 3.15. The van der Waals surface area contributed by atoms with E-state index in [0.717, 1.165) is 13.1 Å². The number of hydrogen-bond acceptors (Lipinski definition) is 3. The molecule has 0 bridgehead atoms. The highest BCUT2D eigenvalue weighted by atomic mass is 16.3. The zero-order chi connectivity index (χ0) is 6.69. The van der Waals surface area contributed by atoms with Gasteiger partial charge in [-0.3, -0.25) is 0 Å². The maximum Gasteiger partial charge on any atom is 0.0475 e. The summed E-state index contributed by atoms with van der Waals surface area (Å²) in [6.45, 7) is 2.08. The summed E-state index contributed by atoms with van der Waals surface area (Å²) in [6.07, 6.45) is 0. The van der Waals surface area contributed by atoms with Crippen molar-refractivity contribution in [2.24, 2.45) is 11.8 Å². The van der Waals surface area contributed by atoms with Gasteiger partial charge in [-0.2, -0.15) is 0 Å². The van der Waals surface area contributed by atoms with Crippen molar-refractivity contribution in [3.05, 3.63) is 0 Å². The van der Waals surface area contributed by atoms with Gasteiger partial charge in [0.2, 0.25) is 0 Å². The van der Waals surface area contributed by atoms with Gasteiger partial charge in [-0.15, -0.1) is 0 Å². The van der Waals surface area contributed by atoms with E-state index in [2.05, 4.69) is 5.32 Å². The second-order valence-corrected chi connectivity index (χ2v) is 2.54. The molecular weight excluding hydrogens is 118 g/mol. The van der Waals surface area contributed by atoms with E-state index in [1.54, 1.807) is 0 Å². The van der Waals surface area contributed by atoms with E-state index in [1.165, 1.54) is 0 Å². The monoisotopic (exact) mass is 131 g/mol. The Hall–Kier alpha value is -0.120. The number of hydrogen-bond donors (Lipinski definition) is 3. The Labute approximate surface area is 54.7 Å². The van der Waals surface area contributed by atoms with Crippen LogP contribution in [0.25, 0.3) is 0 Å². The van der Waals surface area contributed by atoms with E-state index in [-0.39, 0.29) is 25.0 Å². The molecule has 0 aromatic carbocycles. The molecule has 1 rings (SSSR count). The zero-order valence-corrected chi connectivity index (χ0v) is 5.38. The Morgan fingerprint density at radius 2 is 1.56 bits per heavy atom. The van der Waals surface area contributed by atoms with E-state index in [1.807, 2.05) is 0 Å². The Balaban J connectivity index is 2.32. The van der Waals surface area contributed by atoms with Crippen molar-refractivity contribution in [3.8, 4) is 0 Å². The molecule has 1 saturated heterocycles. The predicted molar refractivity (Wildman–Crippen MR) is 34.0 cm³/mol. The van der Waals surface area contributed by atoms with Crippen molar-refractivity contribution >= 4 is 0 Å². The molecule has 0 aromatic rings. The molecule has 54 valence electrons. The SMILES string of the molecule is OCC1CNCC1CO. The summed E-state index contributed by atoms with van der Waals surface area (Å²) in [5.74, 6) is 0.546. The minimum absolute atomic E-state index is 0.193. The van der Waals surface area contributed by atoms with Gasteiger partial charge in [-0.25, -0.2) is 0 Å². The molecule has 2 atom stereocenters. The fourth-order valence-electron chi connectivity index (χ4n) is 1.21. The minimum atomic E-state index is 0.193. The van der Waals surface area contributed by atoms with E-state index in [9.17, 15) is 0 Å². The third-order valence-corrected chi connectivity index (χ3v) is 1.95. The second-order valence-electron chi connectivity index (χ2n) is 2.54. The van der Waals surface area contributed by atoms with Crippen LogP contribution in [0.4, 0.5) is 0 Å². The van der Waals surface area contributed by atoms with Gasteiger partial charge in [0, 0.05) is 38.1 Å². The number of rotatable bonds is 2. The number of aliphatic hydroxyl groups excluding tert-OH is 2. The summed E-state index contributed by atoms with van der Waals surface area (Å²) in [5, 5.41) is 20.5.